The van der Waals surface area contributed by atoms with E-state index in [-0.39, 0.29) is 12.8 Å². The lowest BCUT2D eigenvalue weighted by Gasteiger charge is -2.22. The number of hydrogen-bond donors (Lipinski definition) is 3. The van der Waals surface area contributed by atoms with E-state index in [1.165, 1.54) is 0 Å². The molecule has 17 heavy (non-hydrogen) atoms. The van der Waals surface area contributed by atoms with Crippen LogP contribution in [-0.2, 0) is 9.53 Å². The van der Waals surface area contributed by atoms with Gasteiger partial charge in [-0.1, -0.05) is 0 Å². The van der Waals surface area contributed by atoms with Crippen LogP contribution in [0.4, 0.5) is 4.79 Å². The van der Waals surface area contributed by atoms with Gasteiger partial charge in [-0.25, -0.2) is 4.79 Å². The highest BCUT2D eigenvalue weighted by Crippen LogP contribution is 2.26. The predicted molar refractivity (Wildman–Crippen MR) is 59.5 cm³/mol. The number of aliphatic carboxylic acids is 1. The lowest BCUT2D eigenvalue weighted by molar-refractivity contribution is -0.141. The van der Waals surface area contributed by atoms with E-state index in [0.717, 1.165) is 0 Å². The van der Waals surface area contributed by atoms with Crippen LogP contribution in [0.15, 0.2) is 0 Å². The smallest absolute Gasteiger partial charge is 0.407 e. The molecule has 1 aliphatic carbocycles. The van der Waals surface area contributed by atoms with Gasteiger partial charge in [0, 0.05) is 0 Å². The van der Waals surface area contributed by atoms with Gasteiger partial charge in [-0.3, -0.25) is 4.79 Å². The number of ether oxygens (including phenoxy) is 1. The third-order valence-electron chi connectivity index (χ3n) is 2.58. The predicted octanol–water partition coefficient (Wildman–Crippen LogP) is 0.735. The standard InChI is InChI=1S/C11H19NO5/c1-11(2,3)17-10(16)12-7-4-6(9(14)15)5-8(7)13/h6-8,13H,4-5H2,1-3H3,(H,12,16)(H,14,15)/t6-,7+,8-/m1/s1. The molecule has 0 heterocycles. The summed E-state index contributed by atoms with van der Waals surface area (Å²) in [7, 11) is 0. The number of amides is 1. The minimum atomic E-state index is -0.947. The molecule has 0 aromatic heterocycles. The number of alkyl carbamates (subject to hydrolysis) is 1. The molecular weight excluding hydrogens is 226 g/mol. The maximum absolute atomic E-state index is 11.4. The fraction of sp³-hybridized carbons (Fsp3) is 0.818. The first kappa shape index (κ1) is 13.8. The first-order valence-corrected chi connectivity index (χ1v) is 5.59. The summed E-state index contributed by atoms with van der Waals surface area (Å²) in [6.45, 7) is 5.20. The second-order valence-corrected chi connectivity index (χ2v) is 5.33. The van der Waals surface area contributed by atoms with Gasteiger partial charge >= 0.3 is 12.1 Å². The van der Waals surface area contributed by atoms with Gasteiger partial charge in [-0.15, -0.1) is 0 Å². The van der Waals surface area contributed by atoms with E-state index < -0.39 is 35.7 Å². The molecule has 3 N–H and O–H groups in total. The second-order valence-electron chi connectivity index (χ2n) is 5.33. The molecule has 1 fully saturated rings. The van der Waals surface area contributed by atoms with Crippen molar-refractivity contribution < 1.29 is 24.5 Å². The molecule has 1 saturated carbocycles. The molecule has 0 aliphatic heterocycles. The summed E-state index contributed by atoms with van der Waals surface area (Å²) in [6, 6.07) is -0.550. The van der Waals surface area contributed by atoms with Crippen LogP contribution in [0.1, 0.15) is 33.6 Å². The Morgan fingerprint density at radius 2 is 1.88 bits per heavy atom. The molecule has 6 heteroatoms. The first-order chi connectivity index (χ1) is 7.69. The van der Waals surface area contributed by atoms with Crippen molar-refractivity contribution in [2.45, 2.75) is 51.4 Å². The largest absolute Gasteiger partial charge is 0.481 e. The van der Waals surface area contributed by atoms with Crippen molar-refractivity contribution in [1.82, 2.24) is 5.32 Å². The number of aliphatic hydroxyl groups is 1. The van der Waals surface area contributed by atoms with Crippen LogP contribution in [-0.4, -0.2) is 40.0 Å². The molecule has 0 saturated heterocycles. The Kier molecular flexibility index (Phi) is 3.98. The van der Waals surface area contributed by atoms with Gasteiger partial charge < -0.3 is 20.3 Å². The van der Waals surface area contributed by atoms with Crippen LogP contribution in [0.25, 0.3) is 0 Å². The molecule has 98 valence electrons. The van der Waals surface area contributed by atoms with Gasteiger partial charge in [0.1, 0.15) is 5.60 Å². The Balaban J connectivity index is 2.47. The van der Waals surface area contributed by atoms with E-state index >= 15 is 0 Å². The highest BCUT2D eigenvalue weighted by molar-refractivity contribution is 5.72. The summed E-state index contributed by atoms with van der Waals surface area (Å²) in [4.78, 5) is 22.2. The Labute approximate surface area is 100.0 Å². The van der Waals surface area contributed by atoms with Crippen LogP contribution in [0.5, 0.6) is 0 Å². The summed E-state index contributed by atoms with van der Waals surface area (Å²) in [6.07, 6.45) is -1.07. The zero-order valence-electron chi connectivity index (χ0n) is 10.3. The molecule has 1 aliphatic rings. The van der Waals surface area contributed by atoms with Crippen molar-refractivity contribution in [3.63, 3.8) is 0 Å². The highest BCUT2D eigenvalue weighted by atomic mass is 16.6. The van der Waals surface area contributed by atoms with E-state index in [9.17, 15) is 14.7 Å². The monoisotopic (exact) mass is 245 g/mol. The number of carboxylic acids is 1. The molecule has 1 amide bonds. The lowest BCUT2D eigenvalue weighted by atomic mass is 10.1. The van der Waals surface area contributed by atoms with Gasteiger partial charge in [-0.05, 0) is 33.6 Å². The average molecular weight is 245 g/mol. The van der Waals surface area contributed by atoms with Crippen molar-refractivity contribution in [2.75, 3.05) is 0 Å². The summed E-state index contributed by atoms with van der Waals surface area (Å²) in [5.74, 6) is -1.55. The molecule has 0 radical (unpaired) electrons. The molecular formula is C11H19NO5. The zero-order chi connectivity index (χ0) is 13.2. The maximum Gasteiger partial charge on any atom is 0.407 e. The van der Waals surface area contributed by atoms with Crippen LogP contribution < -0.4 is 5.32 Å². The molecule has 0 aromatic rings. The van der Waals surface area contributed by atoms with E-state index in [0.29, 0.717) is 0 Å². The number of carboxylic acid groups (broad SMARTS) is 1. The Morgan fingerprint density at radius 1 is 1.29 bits per heavy atom. The summed E-state index contributed by atoms with van der Waals surface area (Å²) < 4.78 is 5.04. The van der Waals surface area contributed by atoms with Crippen LogP contribution in [0, 0.1) is 5.92 Å². The zero-order valence-corrected chi connectivity index (χ0v) is 10.3. The lowest BCUT2D eigenvalue weighted by Crippen LogP contribution is -2.42. The van der Waals surface area contributed by atoms with Gasteiger partial charge in [0.05, 0.1) is 18.1 Å². The van der Waals surface area contributed by atoms with E-state index in [1.54, 1.807) is 20.8 Å². The third-order valence-corrected chi connectivity index (χ3v) is 2.58. The van der Waals surface area contributed by atoms with Crippen LogP contribution in [0.2, 0.25) is 0 Å². The molecule has 0 spiro atoms. The van der Waals surface area contributed by atoms with Crippen molar-refractivity contribution in [1.29, 1.82) is 0 Å². The van der Waals surface area contributed by atoms with Gasteiger partial charge in [-0.2, -0.15) is 0 Å². The van der Waals surface area contributed by atoms with Crippen molar-refractivity contribution >= 4 is 12.1 Å². The summed E-state index contributed by atoms with van der Waals surface area (Å²) in [5.41, 5.74) is -0.611. The van der Waals surface area contributed by atoms with Gasteiger partial charge in [0.15, 0.2) is 0 Å². The molecule has 6 nitrogen and oxygen atoms in total. The Hall–Kier alpha value is -1.30. The fourth-order valence-corrected chi connectivity index (χ4v) is 1.83. The number of nitrogens with one attached hydrogen (secondary N) is 1. The summed E-state index contributed by atoms with van der Waals surface area (Å²) in [5, 5.41) is 20.9. The summed E-state index contributed by atoms with van der Waals surface area (Å²) >= 11 is 0. The minimum Gasteiger partial charge on any atom is -0.481 e. The van der Waals surface area contributed by atoms with Crippen LogP contribution >= 0.6 is 0 Å². The van der Waals surface area contributed by atoms with Gasteiger partial charge in [0.2, 0.25) is 0 Å². The average Bonchev–Trinajstić information content (AvgIpc) is 2.44. The number of aliphatic hydroxyl groups excluding tert-OH is 1. The Bertz CT molecular complexity index is 309. The fourth-order valence-electron chi connectivity index (χ4n) is 1.83. The quantitative estimate of drug-likeness (QED) is 0.666. The normalized spacial score (nSPS) is 28.8. The number of rotatable bonds is 2. The molecule has 1 rings (SSSR count). The molecule has 0 aromatic carbocycles. The van der Waals surface area contributed by atoms with Crippen molar-refractivity contribution in [3.05, 3.63) is 0 Å². The number of hydrogen-bond acceptors (Lipinski definition) is 4. The second kappa shape index (κ2) is 4.91. The first-order valence-electron chi connectivity index (χ1n) is 5.59. The minimum absolute atomic E-state index is 0.162. The van der Waals surface area contributed by atoms with E-state index in [1.807, 2.05) is 0 Å². The maximum atomic E-state index is 11.4. The Morgan fingerprint density at radius 3 is 2.29 bits per heavy atom. The third kappa shape index (κ3) is 4.22. The highest BCUT2D eigenvalue weighted by Gasteiger charge is 2.38. The van der Waals surface area contributed by atoms with E-state index in [4.69, 9.17) is 9.84 Å². The van der Waals surface area contributed by atoms with E-state index in [2.05, 4.69) is 5.32 Å². The topological polar surface area (TPSA) is 95.9 Å². The molecule has 3 atom stereocenters. The van der Waals surface area contributed by atoms with Gasteiger partial charge in [0.25, 0.3) is 0 Å². The molecule has 0 unspecified atom stereocenters. The van der Waals surface area contributed by atoms with Crippen molar-refractivity contribution in [3.8, 4) is 0 Å². The number of carbonyl (C=O) groups is 2. The SMILES string of the molecule is CC(C)(C)OC(=O)N[C@H]1C[C@@H](C(=O)O)C[C@H]1O. The van der Waals surface area contributed by atoms with Crippen molar-refractivity contribution in [2.24, 2.45) is 5.92 Å². The molecule has 0 bridgehead atoms. The number of carbonyl (C=O) groups excluding carboxylic acids is 1. The van der Waals surface area contributed by atoms with Crippen LogP contribution in [0.3, 0.4) is 0 Å².